The van der Waals surface area contributed by atoms with Crippen molar-refractivity contribution in [2.45, 2.75) is 31.4 Å². The molecule has 0 amide bonds. The molecule has 58 valence electrons. The zero-order valence-corrected chi connectivity index (χ0v) is 6.46. The van der Waals surface area contributed by atoms with Gasteiger partial charge >= 0.3 is 0 Å². The van der Waals surface area contributed by atoms with Gasteiger partial charge in [0.25, 0.3) is 0 Å². The molecule has 0 spiro atoms. The van der Waals surface area contributed by atoms with Crippen molar-refractivity contribution in [3.05, 3.63) is 0 Å². The summed E-state index contributed by atoms with van der Waals surface area (Å²) < 4.78 is 13.3. The molecule has 1 aliphatic carbocycles. The van der Waals surface area contributed by atoms with Crippen LogP contribution in [0, 0.1) is 0 Å². The lowest BCUT2D eigenvalue weighted by Gasteiger charge is -2.14. The number of rotatable bonds is 2. The van der Waals surface area contributed by atoms with E-state index in [1.54, 1.807) is 0 Å². The van der Waals surface area contributed by atoms with E-state index in [4.69, 9.17) is 11.6 Å². The zero-order chi connectivity index (χ0) is 7.61. The number of carbonyl (C=O) groups excluding carboxylic acids is 1. The molecule has 0 N–H and O–H groups in total. The van der Waals surface area contributed by atoms with Crippen molar-refractivity contribution in [1.29, 1.82) is 0 Å². The quantitative estimate of drug-likeness (QED) is 0.571. The SMILES string of the molecule is O=C(CCl)C1(F)CCCC1. The van der Waals surface area contributed by atoms with Crippen molar-refractivity contribution in [2.24, 2.45) is 0 Å². The van der Waals surface area contributed by atoms with Crippen LogP contribution in [0.5, 0.6) is 0 Å². The van der Waals surface area contributed by atoms with Gasteiger partial charge in [-0.3, -0.25) is 4.79 Å². The van der Waals surface area contributed by atoms with E-state index in [1.165, 1.54) is 0 Å². The Morgan fingerprint density at radius 3 is 2.40 bits per heavy atom. The van der Waals surface area contributed by atoms with Crippen molar-refractivity contribution in [3.8, 4) is 0 Å². The lowest BCUT2D eigenvalue weighted by atomic mass is 10.0. The Kier molecular flexibility index (Phi) is 2.29. The first kappa shape index (κ1) is 7.99. The van der Waals surface area contributed by atoms with Crippen LogP contribution >= 0.6 is 11.6 Å². The Balaban J connectivity index is 2.58. The maximum atomic E-state index is 13.3. The molecule has 1 rings (SSSR count). The topological polar surface area (TPSA) is 17.1 Å². The zero-order valence-electron chi connectivity index (χ0n) is 5.70. The summed E-state index contributed by atoms with van der Waals surface area (Å²) in [6.07, 6.45) is 2.38. The highest BCUT2D eigenvalue weighted by molar-refractivity contribution is 6.28. The fraction of sp³-hybridized carbons (Fsp3) is 0.857. The second-order valence-corrected chi connectivity index (χ2v) is 3.00. The molecule has 1 saturated carbocycles. The minimum Gasteiger partial charge on any atom is -0.295 e. The monoisotopic (exact) mass is 164 g/mol. The van der Waals surface area contributed by atoms with Crippen LogP contribution in [0.2, 0.25) is 0 Å². The number of hydrogen-bond donors (Lipinski definition) is 0. The van der Waals surface area contributed by atoms with Gasteiger partial charge in [-0.2, -0.15) is 0 Å². The maximum absolute atomic E-state index is 13.3. The van der Waals surface area contributed by atoms with E-state index in [2.05, 4.69) is 0 Å². The molecule has 0 unspecified atom stereocenters. The molecule has 10 heavy (non-hydrogen) atoms. The van der Waals surface area contributed by atoms with Crippen LogP contribution in [0.15, 0.2) is 0 Å². The van der Waals surface area contributed by atoms with Gasteiger partial charge < -0.3 is 0 Å². The third-order valence-electron chi connectivity index (χ3n) is 2.02. The molecule has 0 aromatic heterocycles. The van der Waals surface area contributed by atoms with Gasteiger partial charge in [0.15, 0.2) is 11.5 Å². The predicted octanol–water partition coefficient (Wildman–Crippen LogP) is 2.08. The van der Waals surface area contributed by atoms with Crippen molar-refractivity contribution in [1.82, 2.24) is 0 Å². The van der Waals surface area contributed by atoms with E-state index in [9.17, 15) is 9.18 Å². The molecule has 0 atom stereocenters. The Bertz CT molecular complexity index is 141. The van der Waals surface area contributed by atoms with Crippen molar-refractivity contribution in [2.75, 3.05) is 5.88 Å². The number of Topliss-reactive ketones (excluding diaryl/α,β-unsaturated/α-hetero) is 1. The summed E-state index contributed by atoms with van der Waals surface area (Å²) in [6.45, 7) is 0. The van der Waals surface area contributed by atoms with E-state index < -0.39 is 11.5 Å². The summed E-state index contributed by atoms with van der Waals surface area (Å²) in [5.41, 5.74) is -1.57. The highest BCUT2D eigenvalue weighted by Crippen LogP contribution is 2.34. The van der Waals surface area contributed by atoms with Crippen molar-refractivity contribution >= 4 is 17.4 Å². The van der Waals surface area contributed by atoms with E-state index in [1.807, 2.05) is 0 Å². The molecule has 0 aromatic carbocycles. The van der Waals surface area contributed by atoms with Gasteiger partial charge in [-0.15, -0.1) is 11.6 Å². The molecule has 0 bridgehead atoms. The maximum Gasteiger partial charge on any atom is 0.184 e. The minimum absolute atomic E-state index is 0.184. The summed E-state index contributed by atoms with van der Waals surface area (Å²) in [4.78, 5) is 10.8. The van der Waals surface area contributed by atoms with Gasteiger partial charge in [-0.1, -0.05) is 0 Å². The van der Waals surface area contributed by atoms with Gasteiger partial charge in [-0.25, -0.2) is 4.39 Å². The smallest absolute Gasteiger partial charge is 0.184 e. The number of carbonyl (C=O) groups is 1. The molecule has 3 heteroatoms. The minimum atomic E-state index is -1.57. The molecule has 0 heterocycles. The van der Waals surface area contributed by atoms with E-state index >= 15 is 0 Å². The van der Waals surface area contributed by atoms with Crippen LogP contribution in [0.1, 0.15) is 25.7 Å². The Morgan fingerprint density at radius 2 is 2.00 bits per heavy atom. The predicted molar refractivity (Wildman–Crippen MR) is 38.0 cm³/mol. The third kappa shape index (κ3) is 1.31. The average molecular weight is 165 g/mol. The number of ketones is 1. The van der Waals surface area contributed by atoms with Crippen LogP contribution in [-0.2, 0) is 4.79 Å². The van der Waals surface area contributed by atoms with Crippen LogP contribution in [-0.4, -0.2) is 17.3 Å². The molecule has 1 nitrogen and oxygen atoms in total. The second-order valence-electron chi connectivity index (χ2n) is 2.73. The van der Waals surface area contributed by atoms with Crippen molar-refractivity contribution in [3.63, 3.8) is 0 Å². The van der Waals surface area contributed by atoms with Gasteiger partial charge in [0.05, 0.1) is 5.88 Å². The van der Waals surface area contributed by atoms with Crippen LogP contribution in [0.25, 0.3) is 0 Å². The number of halogens is 2. The Morgan fingerprint density at radius 1 is 1.50 bits per heavy atom. The van der Waals surface area contributed by atoms with E-state index in [0.29, 0.717) is 12.8 Å². The highest BCUT2D eigenvalue weighted by Gasteiger charge is 2.39. The van der Waals surface area contributed by atoms with Crippen molar-refractivity contribution < 1.29 is 9.18 Å². The van der Waals surface area contributed by atoms with Crippen LogP contribution in [0.3, 0.4) is 0 Å². The summed E-state index contributed by atoms with van der Waals surface area (Å²) in [5, 5.41) is 0. The summed E-state index contributed by atoms with van der Waals surface area (Å²) in [7, 11) is 0. The van der Waals surface area contributed by atoms with Crippen LogP contribution < -0.4 is 0 Å². The lowest BCUT2D eigenvalue weighted by Crippen LogP contribution is -2.31. The molecule has 0 radical (unpaired) electrons. The van der Waals surface area contributed by atoms with E-state index in [-0.39, 0.29) is 5.88 Å². The molecule has 0 saturated heterocycles. The summed E-state index contributed by atoms with van der Waals surface area (Å²) in [5.74, 6) is -0.622. The van der Waals surface area contributed by atoms with Gasteiger partial charge in [0.1, 0.15) is 0 Å². The second kappa shape index (κ2) is 2.87. The average Bonchev–Trinajstić information content (AvgIpc) is 2.36. The largest absolute Gasteiger partial charge is 0.295 e. The first-order valence-electron chi connectivity index (χ1n) is 3.47. The third-order valence-corrected chi connectivity index (χ3v) is 2.26. The summed E-state index contributed by atoms with van der Waals surface area (Å²) in [6, 6.07) is 0. The molecular weight excluding hydrogens is 155 g/mol. The molecule has 1 fully saturated rings. The fourth-order valence-corrected chi connectivity index (χ4v) is 1.57. The molecule has 1 aliphatic rings. The van der Waals surface area contributed by atoms with Crippen LogP contribution in [0.4, 0.5) is 4.39 Å². The van der Waals surface area contributed by atoms with Gasteiger partial charge in [0, 0.05) is 0 Å². The number of alkyl halides is 2. The summed E-state index contributed by atoms with van der Waals surface area (Å²) >= 11 is 5.23. The Labute approximate surface area is 64.6 Å². The lowest BCUT2D eigenvalue weighted by molar-refractivity contribution is -0.127. The van der Waals surface area contributed by atoms with Gasteiger partial charge in [-0.05, 0) is 25.7 Å². The van der Waals surface area contributed by atoms with E-state index in [0.717, 1.165) is 12.8 Å². The van der Waals surface area contributed by atoms with Gasteiger partial charge in [0.2, 0.25) is 0 Å². The molecule has 0 aromatic rings. The first-order valence-corrected chi connectivity index (χ1v) is 4.01. The Hall–Kier alpha value is -0.110. The highest BCUT2D eigenvalue weighted by atomic mass is 35.5. The molecular formula is C7H10ClFO. The number of hydrogen-bond acceptors (Lipinski definition) is 1. The normalized spacial score (nSPS) is 23.0. The standard InChI is InChI=1S/C7H10ClFO/c8-5-6(10)7(9)3-1-2-4-7/h1-5H2. The molecule has 0 aliphatic heterocycles. The fourth-order valence-electron chi connectivity index (χ4n) is 1.33. The first-order chi connectivity index (χ1) is 4.69.